The molecule has 1 saturated carbocycles. The van der Waals surface area contributed by atoms with Crippen LogP contribution in [0.15, 0.2) is 0 Å². The molecule has 2 fully saturated rings. The first-order valence-corrected chi connectivity index (χ1v) is 11.1. The zero-order chi connectivity index (χ0) is 17.3. The highest BCUT2D eigenvalue weighted by atomic mass is 32.2. The molecule has 0 unspecified atom stereocenters. The first-order valence-electron chi connectivity index (χ1n) is 9.29. The van der Waals surface area contributed by atoms with Crippen LogP contribution in [0, 0.1) is 19.8 Å². The molecule has 2 aliphatic rings. The summed E-state index contributed by atoms with van der Waals surface area (Å²) in [4.78, 5) is 2.42. The van der Waals surface area contributed by atoms with Gasteiger partial charge >= 0.3 is 0 Å². The predicted molar refractivity (Wildman–Crippen MR) is 96.9 cm³/mol. The van der Waals surface area contributed by atoms with Crippen LogP contribution >= 0.6 is 0 Å². The molecule has 1 aliphatic carbocycles. The molecule has 0 N–H and O–H groups in total. The topological polar surface area (TPSA) is 55.2 Å². The van der Waals surface area contributed by atoms with Gasteiger partial charge < -0.3 is 4.90 Å². The summed E-state index contributed by atoms with van der Waals surface area (Å²) in [6, 6.07) is 0.0195. The fourth-order valence-electron chi connectivity index (χ4n) is 4.39. The van der Waals surface area contributed by atoms with E-state index >= 15 is 0 Å². The first-order chi connectivity index (χ1) is 11.4. The van der Waals surface area contributed by atoms with Gasteiger partial charge in [0, 0.05) is 24.3 Å². The summed E-state index contributed by atoms with van der Waals surface area (Å²) in [7, 11) is -0.678. The van der Waals surface area contributed by atoms with Crippen molar-refractivity contribution in [3.8, 4) is 0 Å². The zero-order valence-electron chi connectivity index (χ0n) is 15.3. The van der Waals surface area contributed by atoms with Crippen molar-refractivity contribution in [1.29, 1.82) is 0 Å². The molecule has 0 amide bonds. The average Bonchev–Trinajstić information content (AvgIpc) is 3.02. The number of aryl methyl sites for hydroxylation is 1. The fraction of sp³-hybridized carbons (Fsp3) is 0.833. The van der Waals surface area contributed by atoms with Crippen LogP contribution in [0.3, 0.4) is 0 Å². The molecular weight excluding hydrogens is 322 g/mol. The molecule has 136 valence electrons. The number of aromatic nitrogens is 2. The van der Waals surface area contributed by atoms with Crippen LogP contribution in [0.25, 0.3) is 0 Å². The molecule has 1 aromatic heterocycles. The van der Waals surface area contributed by atoms with E-state index in [4.69, 9.17) is 0 Å². The van der Waals surface area contributed by atoms with Gasteiger partial charge in [-0.1, -0.05) is 19.3 Å². The minimum absolute atomic E-state index is 0.0195. The summed E-state index contributed by atoms with van der Waals surface area (Å²) >= 11 is 0. The molecule has 1 saturated heterocycles. The van der Waals surface area contributed by atoms with Crippen LogP contribution in [0.4, 0.5) is 0 Å². The lowest BCUT2D eigenvalue weighted by atomic mass is 9.89. The van der Waals surface area contributed by atoms with Crippen molar-refractivity contribution in [2.45, 2.75) is 65.0 Å². The molecule has 2 heterocycles. The summed E-state index contributed by atoms with van der Waals surface area (Å²) < 4.78 is 25.5. The van der Waals surface area contributed by atoms with Gasteiger partial charge in [0.2, 0.25) is 0 Å². The number of rotatable bonds is 5. The maximum absolute atomic E-state index is 11.8. The summed E-state index contributed by atoms with van der Waals surface area (Å²) in [5.74, 6) is 1.37. The molecule has 6 heteroatoms. The molecule has 0 radical (unpaired) electrons. The van der Waals surface area contributed by atoms with Crippen LogP contribution in [0.2, 0.25) is 0 Å². The second kappa shape index (κ2) is 7.16. The number of hydrogen-bond acceptors (Lipinski definition) is 4. The van der Waals surface area contributed by atoms with Gasteiger partial charge in [0.05, 0.1) is 23.2 Å². The second-order valence-corrected chi connectivity index (χ2v) is 10.1. The van der Waals surface area contributed by atoms with Crippen molar-refractivity contribution in [3.63, 3.8) is 0 Å². The Bertz CT molecular complexity index is 675. The van der Waals surface area contributed by atoms with Crippen LogP contribution in [0.1, 0.15) is 61.5 Å². The smallest absolute Gasteiger partial charge is 0.152 e. The van der Waals surface area contributed by atoms with Crippen molar-refractivity contribution < 1.29 is 8.42 Å². The van der Waals surface area contributed by atoms with E-state index in [0.717, 1.165) is 30.4 Å². The molecule has 1 aromatic rings. The lowest BCUT2D eigenvalue weighted by Gasteiger charge is -2.27. The van der Waals surface area contributed by atoms with E-state index in [-0.39, 0.29) is 11.8 Å². The normalized spacial score (nSPS) is 24.8. The van der Waals surface area contributed by atoms with Gasteiger partial charge in [0.15, 0.2) is 9.84 Å². The van der Waals surface area contributed by atoms with Gasteiger partial charge in [-0.2, -0.15) is 5.10 Å². The predicted octanol–water partition coefficient (Wildman–Crippen LogP) is 2.87. The van der Waals surface area contributed by atoms with Crippen LogP contribution in [-0.2, 0) is 16.4 Å². The second-order valence-electron chi connectivity index (χ2n) is 7.85. The monoisotopic (exact) mass is 353 g/mol. The van der Waals surface area contributed by atoms with E-state index in [1.165, 1.54) is 37.7 Å². The van der Waals surface area contributed by atoms with E-state index in [1.807, 2.05) is 4.68 Å². The van der Waals surface area contributed by atoms with Gasteiger partial charge in [0.25, 0.3) is 0 Å². The van der Waals surface area contributed by atoms with E-state index in [9.17, 15) is 8.42 Å². The maximum atomic E-state index is 11.8. The lowest BCUT2D eigenvalue weighted by Crippen LogP contribution is -2.27. The Morgan fingerprint density at radius 3 is 2.50 bits per heavy atom. The largest absolute Gasteiger partial charge is 0.302 e. The SMILES string of the molecule is Cc1nn([C@H]2CCS(=O)(=O)C2)c(C)c1CN(C)CC1CCCCC1. The molecule has 5 nitrogen and oxygen atoms in total. The van der Waals surface area contributed by atoms with Gasteiger partial charge in [-0.05, 0) is 46.1 Å². The molecule has 3 rings (SSSR count). The third-order valence-corrected chi connectivity index (χ3v) is 7.50. The Labute approximate surface area is 146 Å². The van der Waals surface area contributed by atoms with Gasteiger partial charge in [-0.3, -0.25) is 4.68 Å². The Hall–Kier alpha value is -0.880. The number of hydrogen-bond donors (Lipinski definition) is 0. The number of nitrogens with zero attached hydrogens (tertiary/aromatic N) is 3. The van der Waals surface area contributed by atoms with Gasteiger partial charge in [-0.25, -0.2) is 8.42 Å². The Morgan fingerprint density at radius 1 is 1.17 bits per heavy atom. The van der Waals surface area contributed by atoms with Gasteiger partial charge in [0.1, 0.15) is 0 Å². The Balaban J connectivity index is 1.67. The molecular formula is C18H31N3O2S. The fourth-order valence-corrected chi connectivity index (χ4v) is 6.09. The quantitative estimate of drug-likeness (QED) is 0.817. The first kappa shape index (κ1) is 17.9. The molecule has 1 atom stereocenters. The number of sulfone groups is 1. The molecule has 1 aliphatic heterocycles. The zero-order valence-corrected chi connectivity index (χ0v) is 16.1. The van der Waals surface area contributed by atoms with Crippen LogP contribution in [-0.4, -0.2) is 48.2 Å². The summed E-state index contributed by atoms with van der Waals surface area (Å²) in [5.41, 5.74) is 3.47. The van der Waals surface area contributed by atoms with Crippen molar-refractivity contribution in [2.75, 3.05) is 25.1 Å². The van der Waals surface area contributed by atoms with E-state index < -0.39 is 9.84 Å². The Morgan fingerprint density at radius 2 is 1.88 bits per heavy atom. The average molecular weight is 354 g/mol. The van der Waals surface area contributed by atoms with E-state index in [0.29, 0.717) is 12.2 Å². The van der Waals surface area contributed by atoms with Crippen LogP contribution in [0.5, 0.6) is 0 Å². The van der Waals surface area contributed by atoms with Crippen molar-refractivity contribution >= 4 is 9.84 Å². The summed E-state index contributed by atoms with van der Waals surface area (Å²) in [6.07, 6.45) is 7.58. The Kier molecular flexibility index (Phi) is 5.35. The van der Waals surface area contributed by atoms with Crippen molar-refractivity contribution in [2.24, 2.45) is 5.92 Å². The minimum atomic E-state index is -2.88. The van der Waals surface area contributed by atoms with E-state index in [1.54, 1.807) is 0 Å². The standard InChI is InChI=1S/C18H31N3O2S/c1-14-18(12-20(3)11-16-7-5-4-6-8-16)15(2)21(19-14)17-9-10-24(22,23)13-17/h16-17H,4-13H2,1-3H3/t17-/m0/s1. The van der Waals surface area contributed by atoms with Crippen molar-refractivity contribution in [3.05, 3.63) is 17.0 Å². The third kappa shape index (κ3) is 4.02. The third-order valence-electron chi connectivity index (χ3n) is 5.75. The van der Waals surface area contributed by atoms with Gasteiger partial charge in [-0.15, -0.1) is 0 Å². The molecule has 0 aromatic carbocycles. The summed E-state index contributed by atoms with van der Waals surface area (Å²) in [5, 5.41) is 4.68. The van der Waals surface area contributed by atoms with Crippen LogP contribution < -0.4 is 0 Å². The highest BCUT2D eigenvalue weighted by Gasteiger charge is 2.31. The molecule has 24 heavy (non-hydrogen) atoms. The highest BCUT2D eigenvalue weighted by molar-refractivity contribution is 7.91. The maximum Gasteiger partial charge on any atom is 0.152 e. The molecule has 0 spiro atoms. The molecule has 0 bridgehead atoms. The lowest BCUT2D eigenvalue weighted by molar-refractivity contribution is 0.227. The summed E-state index contributed by atoms with van der Waals surface area (Å²) in [6.45, 7) is 6.21. The van der Waals surface area contributed by atoms with E-state index in [2.05, 4.69) is 30.9 Å². The van der Waals surface area contributed by atoms with Crippen molar-refractivity contribution in [1.82, 2.24) is 14.7 Å². The highest BCUT2D eigenvalue weighted by Crippen LogP contribution is 2.28. The minimum Gasteiger partial charge on any atom is -0.302 e.